The number of hydrogen-bond donors (Lipinski definition) is 1. The van der Waals surface area contributed by atoms with Crippen LogP contribution in [0.4, 0.5) is 5.69 Å². The molecule has 0 atom stereocenters. The van der Waals surface area contributed by atoms with Crippen molar-refractivity contribution in [1.82, 2.24) is 4.98 Å². The predicted octanol–water partition coefficient (Wildman–Crippen LogP) is 4.29. The Bertz CT molecular complexity index is 609. The number of anilines is 1. The largest absolute Gasteiger partial charge is 0.470 e. The molecule has 0 fully saturated rings. The summed E-state index contributed by atoms with van der Waals surface area (Å²) in [6, 6.07) is 10.5. The lowest BCUT2D eigenvalue weighted by Crippen LogP contribution is -2.24. The first-order valence-corrected chi connectivity index (χ1v) is 6.60. The van der Waals surface area contributed by atoms with Crippen LogP contribution in [0.25, 0.3) is 0 Å². The maximum absolute atomic E-state index is 5.91. The van der Waals surface area contributed by atoms with Crippen molar-refractivity contribution in [2.45, 2.75) is 26.4 Å². The van der Waals surface area contributed by atoms with Gasteiger partial charge in [0, 0.05) is 11.1 Å². The summed E-state index contributed by atoms with van der Waals surface area (Å²) in [5.41, 5.74) is 5.94. The summed E-state index contributed by atoms with van der Waals surface area (Å²) >= 11 is 5.91. The molecule has 0 unspecified atom stereocenters. The number of ether oxygens (including phenoxy) is 2. The summed E-state index contributed by atoms with van der Waals surface area (Å²) in [5, 5.41) is 0.601. The molecule has 5 heteroatoms. The third-order valence-electron chi connectivity index (χ3n) is 2.29. The van der Waals surface area contributed by atoms with Gasteiger partial charge in [0.2, 0.25) is 11.8 Å². The Morgan fingerprint density at radius 1 is 1.15 bits per heavy atom. The molecule has 1 aromatic heterocycles. The van der Waals surface area contributed by atoms with Crippen LogP contribution >= 0.6 is 11.6 Å². The van der Waals surface area contributed by atoms with Gasteiger partial charge in [-0.2, -0.15) is 4.98 Å². The summed E-state index contributed by atoms with van der Waals surface area (Å²) in [6.07, 6.45) is 0. The topological polar surface area (TPSA) is 57.4 Å². The Balaban J connectivity index is 2.23. The van der Waals surface area contributed by atoms with Gasteiger partial charge in [-0.3, -0.25) is 0 Å². The van der Waals surface area contributed by atoms with E-state index < -0.39 is 0 Å². The molecule has 0 saturated carbocycles. The first-order chi connectivity index (χ1) is 9.33. The SMILES string of the molecule is CC(C)(C)Oc1nc(Oc2cccc(Cl)c2)ccc1N. The maximum Gasteiger partial charge on any atom is 0.241 e. The maximum atomic E-state index is 5.91. The molecule has 0 amide bonds. The number of halogens is 1. The molecular weight excluding hydrogens is 276 g/mol. The molecule has 0 aliphatic rings. The number of hydrogen-bond acceptors (Lipinski definition) is 4. The van der Waals surface area contributed by atoms with Gasteiger partial charge in [-0.05, 0) is 45.0 Å². The smallest absolute Gasteiger partial charge is 0.241 e. The summed E-state index contributed by atoms with van der Waals surface area (Å²) < 4.78 is 11.3. The highest BCUT2D eigenvalue weighted by molar-refractivity contribution is 6.30. The van der Waals surface area contributed by atoms with Gasteiger partial charge < -0.3 is 15.2 Å². The van der Waals surface area contributed by atoms with Crippen molar-refractivity contribution < 1.29 is 9.47 Å². The van der Waals surface area contributed by atoms with Gasteiger partial charge in [-0.15, -0.1) is 0 Å². The first kappa shape index (κ1) is 14.5. The van der Waals surface area contributed by atoms with Crippen LogP contribution in [-0.2, 0) is 0 Å². The van der Waals surface area contributed by atoms with E-state index in [1.807, 2.05) is 26.8 Å². The van der Waals surface area contributed by atoms with Crippen LogP contribution < -0.4 is 15.2 Å². The number of nitrogens with zero attached hydrogens (tertiary/aromatic N) is 1. The normalized spacial score (nSPS) is 11.2. The second kappa shape index (κ2) is 5.59. The van der Waals surface area contributed by atoms with E-state index in [4.69, 9.17) is 26.8 Å². The number of rotatable bonds is 3. The molecule has 2 N–H and O–H groups in total. The van der Waals surface area contributed by atoms with Gasteiger partial charge in [-0.25, -0.2) is 0 Å². The lowest BCUT2D eigenvalue weighted by molar-refractivity contribution is 0.124. The minimum atomic E-state index is -0.379. The summed E-state index contributed by atoms with van der Waals surface area (Å²) in [7, 11) is 0. The number of aromatic nitrogens is 1. The highest BCUT2D eigenvalue weighted by atomic mass is 35.5. The fraction of sp³-hybridized carbons (Fsp3) is 0.267. The molecule has 0 bridgehead atoms. The zero-order valence-corrected chi connectivity index (χ0v) is 12.4. The fourth-order valence-electron chi connectivity index (χ4n) is 1.51. The monoisotopic (exact) mass is 292 g/mol. The van der Waals surface area contributed by atoms with Gasteiger partial charge in [0.25, 0.3) is 0 Å². The highest BCUT2D eigenvalue weighted by Gasteiger charge is 2.16. The zero-order valence-electron chi connectivity index (χ0n) is 11.7. The average Bonchev–Trinajstić information content (AvgIpc) is 2.32. The Morgan fingerprint density at radius 2 is 1.90 bits per heavy atom. The van der Waals surface area contributed by atoms with Crippen molar-refractivity contribution >= 4 is 17.3 Å². The van der Waals surface area contributed by atoms with Crippen molar-refractivity contribution in [3.63, 3.8) is 0 Å². The summed E-state index contributed by atoms with van der Waals surface area (Å²) in [5.74, 6) is 1.37. The van der Waals surface area contributed by atoms with Crippen molar-refractivity contribution in [2.24, 2.45) is 0 Å². The summed E-state index contributed by atoms with van der Waals surface area (Å²) in [6.45, 7) is 5.79. The second-order valence-electron chi connectivity index (χ2n) is 5.32. The Kier molecular flexibility index (Phi) is 4.04. The van der Waals surface area contributed by atoms with E-state index >= 15 is 0 Å². The van der Waals surface area contributed by atoms with Crippen LogP contribution in [-0.4, -0.2) is 10.6 Å². The van der Waals surface area contributed by atoms with Crippen LogP contribution in [0.2, 0.25) is 5.02 Å². The van der Waals surface area contributed by atoms with Crippen molar-refractivity contribution in [1.29, 1.82) is 0 Å². The molecule has 1 aromatic carbocycles. The van der Waals surface area contributed by atoms with E-state index in [-0.39, 0.29) is 5.60 Å². The molecule has 4 nitrogen and oxygen atoms in total. The minimum absolute atomic E-state index is 0.358. The molecule has 2 rings (SSSR count). The standard InChI is InChI=1S/C15H17ClN2O2/c1-15(2,3)20-14-12(17)7-8-13(18-14)19-11-6-4-5-10(16)9-11/h4-9H,17H2,1-3H3. The Hall–Kier alpha value is -1.94. The first-order valence-electron chi connectivity index (χ1n) is 6.22. The van der Waals surface area contributed by atoms with E-state index in [0.29, 0.717) is 28.2 Å². The Morgan fingerprint density at radius 3 is 2.55 bits per heavy atom. The van der Waals surface area contributed by atoms with Crippen LogP contribution in [0.3, 0.4) is 0 Å². The lowest BCUT2D eigenvalue weighted by Gasteiger charge is -2.21. The van der Waals surface area contributed by atoms with Gasteiger partial charge in [0.1, 0.15) is 11.4 Å². The van der Waals surface area contributed by atoms with Crippen LogP contribution in [0.1, 0.15) is 20.8 Å². The molecule has 20 heavy (non-hydrogen) atoms. The summed E-state index contributed by atoms with van der Waals surface area (Å²) in [4.78, 5) is 4.27. The van der Waals surface area contributed by atoms with Crippen LogP contribution in [0.15, 0.2) is 36.4 Å². The van der Waals surface area contributed by atoms with Gasteiger partial charge in [0.05, 0.1) is 5.69 Å². The third kappa shape index (κ3) is 4.03. The van der Waals surface area contributed by atoms with E-state index in [1.165, 1.54) is 0 Å². The number of nitrogens with two attached hydrogens (primary N) is 1. The molecular formula is C15H17ClN2O2. The molecule has 0 aliphatic carbocycles. The van der Waals surface area contributed by atoms with E-state index in [2.05, 4.69) is 4.98 Å². The quantitative estimate of drug-likeness (QED) is 0.917. The van der Waals surface area contributed by atoms with Crippen molar-refractivity contribution in [3.05, 3.63) is 41.4 Å². The highest BCUT2D eigenvalue weighted by Crippen LogP contribution is 2.29. The lowest BCUT2D eigenvalue weighted by atomic mass is 10.2. The molecule has 106 valence electrons. The van der Waals surface area contributed by atoms with E-state index in [0.717, 1.165) is 0 Å². The van der Waals surface area contributed by atoms with Crippen LogP contribution in [0.5, 0.6) is 17.5 Å². The fourth-order valence-corrected chi connectivity index (χ4v) is 1.69. The number of pyridine rings is 1. The van der Waals surface area contributed by atoms with Crippen molar-refractivity contribution in [3.8, 4) is 17.5 Å². The van der Waals surface area contributed by atoms with E-state index in [1.54, 1.807) is 30.3 Å². The third-order valence-corrected chi connectivity index (χ3v) is 2.52. The molecule has 0 radical (unpaired) electrons. The second-order valence-corrected chi connectivity index (χ2v) is 5.75. The van der Waals surface area contributed by atoms with Gasteiger partial charge >= 0.3 is 0 Å². The van der Waals surface area contributed by atoms with Crippen LogP contribution in [0, 0.1) is 0 Å². The molecule has 0 saturated heterocycles. The number of benzene rings is 1. The zero-order chi connectivity index (χ0) is 14.8. The molecule has 2 aromatic rings. The minimum Gasteiger partial charge on any atom is -0.470 e. The number of nitrogen functional groups attached to an aromatic ring is 1. The van der Waals surface area contributed by atoms with Crippen molar-refractivity contribution in [2.75, 3.05) is 5.73 Å². The average molecular weight is 293 g/mol. The molecule has 1 heterocycles. The van der Waals surface area contributed by atoms with Gasteiger partial charge in [-0.1, -0.05) is 17.7 Å². The predicted molar refractivity (Wildman–Crippen MR) is 80.6 cm³/mol. The molecule has 0 aliphatic heterocycles. The van der Waals surface area contributed by atoms with E-state index in [9.17, 15) is 0 Å². The Labute approximate surface area is 123 Å². The van der Waals surface area contributed by atoms with Gasteiger partial charge in [0.15, 0.2) is 0 Å². The molecule has 0 spiro atoms.